The topological polar surface area (TPSA) is 80.4 Å². The van der Waals surface area contributed by atoms with Crippen LogP contribution in [0.2, 0.25) is 0 Å². The van der Waals surface area contributed by atoms with Gasteiger partial charge in [-0.25, -0.2) is 0 Å². The number of hydrogen-bond acceptors (Lipinski definition) is 3. The molecule has 0 fully saturated rings. The Bertz CT molecular complexity index is 136. The number of nitrogens with two attached hydrogens (primary N) is 1. The van der Waals surface area contributed by atoms with Gasteiger partial charge in [0.05, 0.1) is 18.1 Å². The smallest absolute Gasteiger partial charge is 0.305 e. The molecule has 4 nitrogen and oxygen atoms in total. The van der Waals surface area contributed by atoms with E-state index in [1.165, 1.54) is 0 Å². The number of hydrogen-bond donors (Lipinski definition) is 2. The minimum atomic E-state index is -1.12. The van der Waals surface area contributed by atoms with Crippen LogP contribution in [0.1, 0.15) is 6.42 Å². The summed E-state index contributed by atoms with van der Waals surface area (Å²) in [6.07, 6.45) is -0.407. The number of aliphatic carboxylic acids is 1. The van der Waals surface area contributed by atoms with E-state index in [0.29, 0.717) is 0 Å². The van der Waals surface area contributed by atoms with Gasteiger partial charge in [0.2, 0.25) is 0 Å². The van der Waals surface area contributed by atoms with Crippen molar-refractivity contribution in [1.82, 2.24) is 0 Å². The standard InChI is InChI=1S/C4H6BNO3/c5-4(9)2(6)1-3(7)8/h2H,1,6H2,(H,7,8). The fraction of sp³-hybridized carbons (Fsp3) is 0.500. The second kappa shape index (κ2) is 3.24. The summed E-state index contributed by atoms with van der Waals surface area (Å²) in [5.74, 6) is -1.12. The number of carbonyl (C=O) groups excluding carboxylic acids is 1. The van der Waals surface area contributed by atoms with Gasteiger partial charge in [-0.2, -0.15) is 0 Å². The van der Waals surface area contributed by atoms with Crippen molar-refractivity contribution in [1.29, 1.82) is 0 Å². The van der Waals surface area contributed by atoms with E-state index >= 15 is 0 Å². The Hall–Kier alpha value is -0.835. The Kier molecular flexibility index (Phi) is 2.94. The molecule has 48 valence electrons. The minimum absolute atomic E-state index is 0.407. The molecule has 0 aromatic rings. The molecule has 2 radical (unpaired) electrons. The first kappa shape index (κ1) is 8.16. The molecule has 0 heterocycles. The summed E-state index contributed by atoms with van der Waals surface area (Å²) < 4.78 is 0. The molecule has 9 heavy (non-hydrogen) atoms. The number of carboxylic acids is 1. The summed E-state index contributed by atoms with van der Waals surface area (Å²) in [4.78, 5) is 19.9. The quantitative estimate of drug-likeness (QED) is 0.451. The summed E-state index contributed by atoms with van der Waals surface area (Å²) in [5, 5.41) is 8.04. The maximum Gasteiger partial charge on any atom is 0.305 e. The third-order valence-corrected chi connectivity index (χ3v) is 0.760. The molecule has 0 amide bonds. The highest BCUT2D eigenvalue weighted by molar-refractivity contribution is 6.59. The van der Waals surface area contributed by atoms with Crippen molar-refractivity contribution in [3.05, 3.63) is 0 Å². The molecule has 0 aliphatic heterocycles. The Morgan fingerprint density at radius 3 is 2.22 bits per heavy atom. The predicted molar refractivity (Wildman–Crippen MR) is 31.0 cm³/mol. The van der Waals surface area contributed by atoms with E-state index < -0.39 is 24.1 Å². The Labute approximate surface area is 53.4 Å². The third kappa shape index (κ3) is 3.72. The van der Waals surface area contributed by atoms with Gasteiger partial charge in [0, 0.05) is 0 Å². The summed E-state index contributed by atoms with van der Waals surface area (Å²) in [6.45, 7) is 0. The SMILES string of the molecule is [B]C(=O)C(N)CC(=O)O. The van der Waals surface area contributed by atoms with Gasteiger partial charge in [-0.3, -0.25) is 4.79 Å². The first-order valence-corrected chi connectivity index (χ1v) is 2.30. The van der Waals surface area contributed by atoms with Gasteiger partial charge < -0.3 is 15.6 Å². The van der Waals surface area contributed by atoms with Crippen LogP contribution in [-0.4, -0.2) is 30.6 Å². The molecule has 1 atom stereocenters. The van der Waals surface area contributed by atoms with Crippen LogP contribution in [0.5, 0.6) is 0 Å². The molecule has 0 aliphatic rings. The molecule has 0 rings (SSSR count). The van der Waals surface area contributed by atoms with E-state index in [4.69, 9.17) is 10.8 Å². The number of rotatable bonds is 3. The van der Waals surface area contributed by atoms with Gasteiger partial charge in [0.15, 0.2) is 7.85 Å². The second-order valence-corrected chi connectivity index (χ2v) is 1.61. The largest absolute Gasteiger partial charge is 0.481 e. The van der Waals surface area contributed by atoms with Crippen molar-refractivity contribution in [2.45, 2.75) is 12.5 Å². The molecule has 0 aromatic heterocycles. The molecular formula is C4H6BNO3. The second-order valence-electron chi connectivity index (χ2n) is 1.61. The monoisotopic (exact) mass is 127 g/mol. The lowest BCUT2D eigenvalue weighted by Gasteiger charge is -2.01. The van der Waals surface area contributed by atoms with Gasteiger partial charge >= 0.3 is 5.97 Å². The van der Waals surface area contributed by atoms with Crippen LogP contribution in [0, 0.1) is 0 Å². The van der Waals surface area contributed by atoms with E-state index in [2.05, 4.69) is 7.85 Å². The molecule has 0 aromatic carbocycles. The zero-order chi connectivity index (χ0) is 7.44. The molecule has 0 saturated carbocycles. The van der Waals surface area contributed by atoms with Crippen molar-refractivity contribution in [3.63, 3.8) is 0 Å². The van der Waals surface area contributed by atoms with Crippen LogP contribution >= 0.6 is 0 Å². The van der Waals surface area contributed by atoms with Crippen LogP contribution in [0.25, 0.3) is 0 Å². The van der Waals surface area contributed by atoms with Crippen molar-refractivity contribution < 1.29 is 14.7 Å². The van der Waals surface area contributed by atoms with E-state index in [1.807, 2.05) is 0 Å². The summed E-state index contributed by atoms with van der Waals surface area (Å²) in [7, 11) is 4.66. The van der Waals surface area contributed by atoms with E-state index in [9.17, 15) is 9.59 Å². The average molecular weight is 127 g/mol. The fourth-order valence-electron chi connectivity index (χ4n) is 0.289. The molecule has 0 saturated heterocycles. The highest BCUT2D eigenvalue weighted by Crippen LogP contribution is 1.85. The highest BCUT2D eigenvalue weighted by Gasteiger charge is 2.10. The third-order valence-electron chi connectivity index (χ3n) is 0.760. The van der Waals surface area contributed by atoms with Crippen LogP contribution in [0.3, 0.4) is 0 Å². The maximum atomic E-state index is 10.1. The van der Waals surface area contributed by atoms with Gasteiger partial charge in [-0.05, 0) is 0 Å². The maximum absolute atomic E-state index is 10.1. The summed E-state index contributed by atoms with van der Waals surface area (Å²) in [5.41, 5.74) is 4.17. The van der Waals surface area contributed by atoms with Crippen molar-refractivity contribution >= 4 is 19.5 Å². The number of carboxylic acid groups (broad SMARTS) is 1. The highest BCUT2D eigenvalue weighted by atomic mass is 16.4. The normalized spacial score (nSPS) is 12.6. The Morgan fingerprint density at radius 2 is 2.11 bits per heavy atom. The molecule has 1 unspecified atom stereocenters. The summed E-state index contributed by atoms with van der Waals surface area (Å²) in [6, 6.07) is -1.07. The first-order valence-electron chi connectivity index (χ1n) is 2.30. The predicted octanol–water partition coefficient (Wildman–Crippen LogP) is -1.52. The van der Waals surface area contributed by atoms with Crippen LogP contribution in [-0.2, 0) is 9.59 Å². The summed E-state index contributed by atoms with van der Waals surface area (Å²) >= 11 is 0. The molecule has 0 spiro atoms. The zero-order valence-electron chi connectivity index (χ0n) is 4.70. The molecular weight excluding hydrogens is 121 g/mol. The van der Waals surface area contributed by atoms with Gasteiger partial charge in [0.25, 0.3) is 0 Å². The van der Waals surface area contributed by atoms with Crippen LogP contribution < -0.4 is 5.73 Å². The first-order chi connectivity index (χ1) is 4.04. The molecule has 5 heteroatoms. The lowest BCUT2D eigenvalue weighted by atomic mass is 9.94. The fourth-order valence-corrected chi connectivity index (χ4v) is 0.289. The van der Waals surface area contributed by atoms with Crippen molar-refractivity contribution in [2.75, 3.05) is 0 Å². The molecule has 3 N–H and O–H groups in total. The lowest BCUT2D eigenvalue weighted by molar-refractivity contribution is -0.138. The van der Waals surface area contributed by atoms with Gasteiger partial charge in [-0.1, -0.05) is 0 Å². The van der Waals surface area contributed by atoms with Crippen molar-refractivity contribution in [2.24, 2.45) is 5.73 Å². The molecule has 0 bridgehead atoms. The van der Waals surface area contributed by atoms with Gasteiger partial charge in [-0.15, -0.1) is 0 Å². The molecule has 0 aliphatic carbocycles. The van der Waals surface area contributed by atoms with E-state index in [-0.39, 0.29) is 0 Å². The van der Waals surface area contributed by atoms with E-state index in [1.54, 1.807) is 0 Å². The van der Waals surface area contributed by atoms with E-state index in [0.717, 1.165) is 0 Å². The number of carbonyl (C=O) groups is 2. The minimum Gasteiger partial charge on any atom is -0.481 e. The Morgan fingerprint density at radius 1 is 1.67 bits per heavy atom. The average Bonchev–Trinajstić information content (AvgIpc) is 1.63. The zero-order valence-corrected chi connectivity index (χ0v) is 4.70. The Balaban J connectivity index is 3.63. The van der Waals surface area contributed by atoms with Crippen LogP contribution in [0.4, 0.5) is 0 Å². The van der Waals surface area contributed by atoms with Crippen molar-refractivity contribution in [3.8, 4) is 0 Å². The van der Waals surface area contributed by atoms with Gasteiger partial charge in [0.1, 0.15) is 0 Å². The lowest BCUT2D eigenvalue weighted by Crippen LogP contribution is -2.32. The van der Waals surface area contributed by atoms with Crippen LogP contribution in [0.15, 0.2) is 0 Å².